The summed E-state index contributed by atoms with van der Waals surface area (Å²) in [4.78, 5) is 4.21. The SMILES string of the molecule is CCNC(C1=CCCCO1)c1cncc(Br)c1. The summed E-state index contributed by atoms with van der Waals surface area (Å²) in [6, 6.07) is 2.20. The molecule has 1 N–H and O–H groups in total. The standard InChI is InChI=1S/C13H17BrN2O/c1-2-16-13(12-5-3-4-6-17-12)10-7-11(14)9-15-8-10/h5,7-9,13,16H,2-4,6H2,1H3. The molecular formula is C13H17BrN2O. The van der Waals surface area contributed by atoms with Gasteiger partial charge in [0.1, 0.15) is 5.76 Å². The molecule has 0 aliphatic carbocycles. The molecule has 1 unspecified atom stereocenters. The summed E-state index contributed by atoms with van der Waals surface area (Å²) in [5, 5.41) is 3.44. The van der Waals surface area contributed by atoms with Crippen molar-refractivity contribution in [3.05, 3.63) is 40.3 Å². The Labute approximate surface area is 110 Å². The Morgan fingerprint density at radius 3 is 3.06 bits per heavy atom. The van der Waals surface area contributed by atoms with Crippen LogP contribution >= 0.6 is 15.9 Å². The zero-order valence-electron chi connectivity index (χ0n) is 9.95. The lowest BCUT2D eigenvalue weighted by molar-refractivity contribution is 0.168. The molecule has 0 bridgehead atoms. The van der Waals surface area contributed by atoms with Gasteiger partial charge in [-0.3, -0.25) is 4.98 Å². The molecule has 2 heterocycles. The second-order valence-corrected chi connectivity index (χ2v) is 4.94. The molecule has 0 spiro atoms. The maximum atomic E-state index is 5.74. The third kappa shape index (κ3) is 3.30. The second-order valence-electron chi connectivity index (χ2n) is 4.02. The number of aromatic nitrogens is 1. The lowest BCUT2D eigenvalue weighted by Gasteiger charge is -2.24. The molecule has 1 aliphatic heterocycles. The molecular weight excluding hydrogens is 280 g/mol. The van der Waals surface area contributed by atoms with Crippen molar-refractivity contribution in [2.24, 2.45) is 0 Å². The fourth-order valence-electron chi connectivity index (χ4n) is 1.95. The molecule has 1 aromatic heterocycles. The molecule has 2 rings (SSSR count). The molecule has 17 heavy (non-hydrogen) atoms. The van der Waals surface area contributed by atoms with Crippen LogP contribution in [-0.2, 0) is 4.74 Å². The molecule has 1 aliphatic rings. The Bertz CT molecular complexity index is 406. The Morgan fingerprint density at radius 1 is 1.53 bits per heavy atom. The number of ether oxygens (including phenoxy) is 1. The highest BCUT2D eigenvalue weighted by Crippen LogP contribution is 2.27. The van der Waals surface area contributed by atoms with Gasteiger partial charge in [-0.1, -0.05) is 6.92 Å². The van der Waals surface area contributed by atoms with E-state index in [1.54, 1.807) is 6.20 Å². The van der Waals surface area contributed by atoms with E-state index < -0.39 is 0 Å². The van der Waals surface area contributed by atoms with Crippen LogP contribution in [0.25, 0.3) is 0 Å². The summed E-state index contributed by atoms with van der Waals surface area (Å²) in [5.41, 5.74) is 1.13. The van der Waals surface area contributed by atoms with E-state index in [1.165, 1.54) is 0 Å². The summed E-state index contributed by atoms with van der Waals surface area (Å²) in [6.07, 6.45) is 8.06. The first-order valence-electron chi connectivity index (χ1n) is 5.98. The minimum Gasteiger partial charge on any atom is -0.496 e. The number of likely N-dealkylation sites (N-methyl/N-ethyl adjacent to an activating group) is 1. The highest BCUT2D eigenvalue weighted by molar-refractivity contribution is 9.10. The van der Waals surface area contributed by atoms with Crippen molar-refractivity contribution in [2.75, 3.05) is 13.2 Å². The van der Waals surface area contributed by atoms with E-state index in [9.17, 15) is 0 Å². The van der Waals surface area contributed by atoms with Crippen molar-refractivity contribution in [1.82, 2.24) is 10.3 Å². The number of nitrogens with one attached hydrogen (secondary N) is 1. The largest absolute Gasteiger partial charge is 0.496 e. The van der Waals surface area contributed by atoms with E-state index in [0.29, 0.717) is 0 Å². The van der Waals surface area contributed by atoms with Gasteiger partial charge in [0.05, 0.1) is 12.6 Å². The maximum absolute atomic E-state index is 5.74. The van der Waals surface area contributed by atoms with Gasteiger partial charge < -0.3 is 10.1 Å². The average Bonchev–Trinajstić information content (AvgIpc) is 2.37. The second kappa shape index (κ2) is 6.17. The molecule has 0 fully saturated rings. The first kappa shape index (κ1) is 12.6. The topological polar surface area (TPSA) is 34.1 Å². The average molecular weight is 297 g/mol. The number of nitrogens with zero attached hydrogens (tertiary/aromatic N) is 1. The molecule has 1 atom stereocenters. The molecule has 0 saturated carbocycles. The van der Waals surface area contributed by atoms with Gasteiger partial charge in [0.15, 0.2) is 0 Å². The van der Waals surface area contributed by atoms with Crippen LogP contribution in [0, 0.1) is 0 Å². The number of rotatable bonds is 4. The zero-order valence-corrected chi connectivity index (χ0v) is 11.5. The van der Waals surface area contributed by atoms with E-state index in [1.807, 2.05) is 6.20 Å². The number of halogens is 1. The Morgan fingerprint density at radius 2 is 2.41 bits per heavy atom. The van der Waals surface area contributed by atoms with E-state index in [0.717, 1.165) is 41.8 Å². The van der Waals surface area contributed by atoms with Crippen LogP contribution < -0.4 is 5.32 Å². The minimum atomic E-state index is 0.116. The van der Waals surface area contributed by atoms with Gasteiger partial charge in [0.25, 0.3) is 0 Å². The predicted octanol–water partition coefficient (Wildman–Crippen LogP) is 3.19. The summed E-state index contributed by atoms with van der Waals surface area (Å²) < 4.78 is 6.74. The Hall–Kier alpha value is -0.870. The van der Waals surface area contributed by atoms with Crippen molar-refractivity contribution < 1.29 is 4.74 Å². The van der Waals surface area contributed by atoms with Crippen LogP contribution in [-0.4, -0.2) is 18.1 Å². The molecule has 0 amide bonds. The summed E-state index contributed by atoms with van der Waals surface area (Å²) in [6.45, 7) is 3.81. The molecule has 4 heteroatoms. The quantitative estimate of drug-likeness (QED) is 0.926. The van der Waals surface area contributed by atoms with Crippen LogP contribution in [0.2, 0.25) is 0 Å². The summed E-state index contributed by atoms with van der Waals surface area (Å²) in [7, 11) is 0. The Balaban J connectivity index is 2.24. The van der Waals surface area contributed by atoms with Gasteiger partial charge in [0, 0.05) is 16.9 Å². The van der Waals surface area contributed by atoms with Crippen LogP contribution in [0.1, 0.15) is 31.4 Å². The molecule has 0 radical (unpaired) electrons. The highest BCUT2D eigenvalue weighted by Gasteiger charge is 2.19. The van der Waals surface area contributed by atoms with E-state index in [-0.39, 0.29) is 6.04 Å². The Kier molecular flexibility index (Phi) is 4.57. The fraction of sp³-hybridized carbons (Fsp3) is 0.462. The molecule has 1 aromatic rings. The number of hydrogen-bond donors (Lipinski definition) is 1. The third-order valence-corrected chi connectivity index (χ3v) is 3.15. The van der Waals surface area contributed by atoms with Gasteiger partial charge in [-0.05, 0) is 53.0 Å². The lowest BCUT2D eigenvalue weighted by Crippen LogP contribution is -2.25. The lowest BCUT2D eigenvalue weighted by atomic mass is 10.0. The van der Waals surface area contributed by atoms with Gasteiger partial charge in [0.2, 0.25) is 0 Å². The fourth-order valence-corrected chi connectivity index (χ4v) is 2.33. The first-order chi connectivity index (χ1) is 8.31. The number of pyridine rings is 1. The minimum absolute atomic E-state index is 0.116. The highest BCUT2D eigenvalue weighted by atomic mass is 79.9. The molecule has 3 nitrogen and oxygen atoms in total. The molecule has 0 saturated heterocycles. The first-order valence-corrected chi connectivity index (χ1v) is 6.77. The third-order valence-electron chi connectivity index (χ3n) is 2.71. The van der Waals surface area contributed by atoms with Crippen LogP contribution in [0.4, 0.5) is 0 Å². The van der Waals surface area contributed by atoms with E-state index >= 15 is 0 Å². The van der Waals surface area contributed by atoms with E-state index in [2.05, 4.69) is 45.3 Å². The zero-order chi connectivity index (χ0) is 12.1. The molecule has 0 aromatic carbocycles. The van der Waals surface area contributed by atoms with Gasteiger partial charge >= 0.3 is 0 Å². The monoisotopic (exact) mass is 296 g/mol. The van der Waals surface area contributed by atoms with Crippen molar-refractivity contribution in [3.63, 3.8) is 0 Å². The summed E-state index contributed by atoms with van der Waals surface area (Å²) >= 11 is 3.46. The normalized spacial score (nSPS) is 17.2. The van der Waals surface area contributed by atoms with Gasteiger partial charge in [-0.2, -0.15) is 0 Å². The smallest absolute Gasteiger partial charge is 0.113 e. The van der Waals surface area contributed by atoms with Crippen molar-refractivity contribution in [2.45, 2.75) is 25.8 Å². The van der Waals surface area contributed by atoms with E-state index in [4.69, 9.17) is 4.74 Å². The number of allylic oxidation sites excluding steroid dienone is 1. The van der Waals surface area contributed by atoms with Crippen LogP contribution in [0.5, 0.6) is 0 Å². The summed E-state index contributed by atoms with van der Waals surface area (Å²) in [5.74, 6) is 1.03. The van der Waals surface area contributed by atoms with Crippen LogP contribution in [0.3, 0.4) is 0 Å². The van der Waals surface area contributed by atoms with Gasteiger partial charge in [-0.15, -0.1) is 0 Å². The van der Waals surface area contributed by atoms with Crippen molar-refractivity contribution in [1.29, 1.82) is 0 Å². The maximum Gasteiger partial charge on any atom is 0.113 e. The van der Waals surface area contributed by atoms with Crippen LogP contribution in [0.15, 0.2) is 34.8 Å². The van der Waals surface area contributed by atoms with Crippen molar-refractivity contribution >= 4 is 15.9 Å². The molecule has 92 valence electrons. The number of hydrogen-bond acceptors (Lipinski definition) is 3. The van der Waals surface area contributed by atoms with Gasteiger partial charge in [-0.25, -0.2) is 0 Å². The predicted molar refractivity (Wildman–Crippen MR) is 71.6 cm³/mol. The van der Waals surface area contributed by atoms with Crippen molar-refractivity contribution in [3.8, 4) is 0 Å².